The molecule has 8 heteroatoms. The number of rotatable bonds is 5. The van der Waals surface area contributed by atoms with Crippen LogP contribution in [0.5, 0.6) is 5.75 Å². The minimum Gasteiger partial charge on any atom is -0.481 e. The van der Waals surface area contributed by atoms with Gasteiger partial charge in [-0.3, -0.25) is 4.79 Å². The molecular formula is C12H13ClF3NO3. The number of hydrogen-bond donors (Lipinski definition) is 2. The van der Waals surface area contributed by atoms with E-state index in [2.05, 4.69) is 0 Å². The predicted octanol–water partition coefficient (Wildman–Crippen LogP) is 2.15. The fourth-order valence-electron chi connectivity index (χ4n) is 1.23. The van der Waals surface area contributed by atoms with Gasteiger partial charge in [0.2, 0.25) is 0 Å². The first-order valence-corrected chi connectivity index (χ1v) is 6.02. The largest absolute Gasteiger partial charge is 0.481 e. The highest BCUT2D eigenvalue weighted by Gasteiger charge is 2.38. The minimum atomic E-state index is -4.77. The summed E-state index contributed by atoms with van der Waals surface area (Å²) in [5, 5.41) is 11.2. The lowest BCUT2D eigenvalue weighted by atomic mass is 10.3. The molecule has 0 fully saturated rings. The molecule has 2 N–H and O–H groups in total. The van der Waals surface area contributed by atoms with Gasteiger partial charge in [0.25, 0.3) is 5.91 Å². The number of amides is 1. The van der Waals surface area contributed by atoms with Gasteiger partial charge in [-0.25, -0.2) is 0 Å². The maximum Gasteiger partial charge on any atom is 0.416 e. The Morgan fingerprint density at radius 2 is 1.95 bits per heavy atom. The number of carbonyl (C=O) groups excluding carboxylic acids is 1. The summed E-state index contributed by atoms with van der Waals surface area (Å²) >= 11 is 5.67. The van der Waals surface area contributed by atoms with Crippen LogP contribution >= 0.6 is 11.6 Å². The normalized spacial score (nSPS) is 14.5. The van der Waals surface area contributed by atoms with Crippen molar-refractivity contribution in [2.45, 2.75) is 25.3 Å². The molecule has 0 saturated carbocycles. The molecule has 0 aliphatic heterocycles. The Morgan fingerprint density at radius 1 is 1.40 bits per heavy atom. The van der Waals surface area contributed by atoms with Crippen molar-refractivity contribution >= 4 is 17.5 Å². The van der Waals surface area contributed by atoms with Crippen LogP contribution in [0.4, 0.5) is 13.2 Å². The molecule has 0 bridgehead atoms. The zero-order valence-corrected chi connectivity index (χ0v) is 11.2. The van der Waals surface area contributed by atoms with Gasteiger partial charge in [0.15, 0.2) is 12.2 Å². The average Bonchev–Trinajstić information content (AvgIpc) is 2.36. The molecule has 1 rings (SSSR count). The number of ether oxygens (including phenoxy) is 1. The van der Waals surface area contributed by atoms with Crippen LogP contribution < -0.4 is 10.1 Å². The number of alkyl halides is 3. The lowest BCUT2D eigenvalue weighted by Gasteiger charge is -2.18. The molecule has 0 aliphatic rings. The Bertz CT molecular complexity index is 450. The van der Waals surface area contributed by atoms with E-state index >= 15 is 0 Å². The van der Waals surface area contributed by atoms with Crippen LogP contribution in [0.25, 0.3) is 0 Å². The van der Waals surface area contributed by atoms with E-state index in [0.717, 1.165) is 0 Å². The molecule has 112 valence electrons. The molecule has 1 aromatic rings. The predicted molar refractivity (Wildman–Crippen MR) is 66.6 cm³/mol. The Balaban J connectivity index is 2.45. The monoisotopic (exact) mass is 311 g/mol. The van der Waals surface area contributed by atoms with Gasteiger partial charge in [0.05, 0.1) is 6.54 Å². The molecule has 0 spiro atoms. The molecule has 0 aliphatic carbocycles. The zero-order valence-electron chi connectivity index (χ0n) is 10.4. The second-order valence-electron chi connectivity index (χ2n) is 4.02. The quantitative estimate of drug-likeness (QED) is 0.876. The Morgan fingerprint density at radius 3 is 2.45 bits per heavy atom. The number of aliphatic hydroxyl groups is 1. The molecule has 0 heterocycles. The van der Waals surface area contributed by atoms with E-state index in [1.54, 1.807) is 12.1 Å². The van der Waals surface area contributed by atoms with Gasteiger partial charge in [-0.05, 0) is 31.2 Å². The first kappa shape index (κ1) is 16.6. The number of carbonyl (C=O) groups is 1. The molecule has 1 amide bonds. The molecular weight excluding hydrogens is 299 g/mol. The highest BCUT2D eigenvalue weighted by Crippen LogP contribution is 2.19. The number of aliphatic hydroxyl groups excluding tert-OH is 1. The summed E-state index contributed by atoms with van der Waals surface area (Å²) in [6, 6.07) is 6.15. The van der Waals surface area contributed by atoms with Gasteiger partial charge in [-0.2, -0.15) is 13.2 Å². The highest BCUT2D eigenvalue weighted by molar-refractivity contribution is 6.30. The fraction of sp³-hybridized carbons (Fsp3) is 0.417. The summed E-state index contributed by atoms with van der Waals surface area (Å²) in [6.45, 7) is 0.459. The third-order valence-electron chi connectivity index (χ3n) is 2.34. The number of hydrogen-bond acceptors (Lipinski definition) is 3. The average molecular weight is 312 g/mol. The Labute approximate surface area is 118 Å². The van der Waals surface area contributed by atoms with Crippen LogP contribution in [0.15, 0.2) is 24.3 Å². The first-order valence-electron chi connectivity index (χ1n) is 5.65. The summed E-state index contributed by atoms with van der Waals surface area (Å²) in [5.41, 5.74) is 0. The topological polar surface area (TPSA) is 58.6 Å². The second-order valence-corrected chi connectivity index (χ2v) is 4.45. The maximum atomic E-state index is 12.0. The lowest BCUT2D eigenvalue weighted by molar-refractivity contribution is -0.202. The van der Waals surface area contributed by atoms with Gasteiger partial charge in [-0.15, -0.1) is 0 Å². The van der Waals surface area contributed by atoms with Crippen molar-refractivity contribution in [2.75, 3.05) is 6.54 Å². The molecule has 2 unspecified atom stereocenters. The second kappa shape index (κ2) is 6.81. The number of halogens is 4. The van der Waals surface area contributed by atoms with Crippen LogP contribution in [0.1, 0.15) is 6.92 Å². The smallest absolute Gasteiger partial charge is 0.416 e. The Hall–Kier alpha value is -1.47. The first-order chi connectivity index (χ1) is 9.20. The van der Waals surface area contributed by atoms with Crippen LogP contribution in [0.3, 0.4) is 0 Å². The standard InChI is InChI=1S/C12H13ClF3NO3/c1-7(20-9-4-2-8(13)3-5-9)11(19)17-6-10(18)12(14,15)16/h2-5,7,10,18H,6H2,1H3,(H,17,19). The molecule has 0 saturated heterocycles. The third-order valence-corrected chi connectivity index (χ3v) is 2.60. The molecule has 2 atom stereocenters. The highest BCUT2D eigenvalue weighted by atomic mass is 35.5. The molecule has 1 aromatic carbocycles. The molecule has 0 aromatic heterocycles. The number of benzene rings is 1. The van der Waals surface area contributed by atoms with E-state index in [1.165, 1.54) is 19.1 Å². The van der Waals surface area contributed by atoms with E-state index in [0.29, 0.717) is 10.8 Å². The SMILES string of the molecule is CC(Oc1ccc(Cl)cc1)C(=O)NCC(O)C(F)(F)F. The Kier molecular flexibility index (Phi) is 5.64. The van der Waals surface area contributed by atoms with Gasteiger partial charge < -0.3 is 15.2 Å². The summed E-state index contributed by atoms with van der Waals surface area (Å²) in [7, 11) is 0. The zero-order chi connectivity index (χ0) is 15.3. The van der Waals surface area contributed by atoms with Crippen LogP contribution in [-0.2, 0) is 4.79 Å². The van der Waals surface area contributed by atoms with Crippen LogP contribution in [0.2, 0.25) is 5.02 Å². The summed E-state index contributed by atoms with van der Waals surface area (Å²) in [5.74, 6) is -0.406. The molecule has 0 radical (unpaired) electrons. The third kappa shape index (κ3) is 5.26. The van der Waals surface area contributed by atoms with Crippen molar-refractivity contribution in [3.8, 4) is 5.75 Å². The summed E-state index contributed by atoms with van der Waals surface area (Å²) in [6.07, 6.45) is -8.38. The van der Waals surface area contributed by atoms with E-state index in [9.17, 15) is 18.0 Å². The minimum absolute atomic E-state index is 0.355. The fourth-order valence-corrected chi connectivity index (χ4v) is 1.35. The maximum absolute atomic E-state index is 12.0. The van der Waals surface area contributed by atoms with Crippen molar-refractivity contribution in [3.63, 3.8) is 0 Å². The number of nitrogens with one attached hydrogen (secondary N) is 1. The lowest BCUT2D eigenvalue weighted by Crippen LogP contribution is -2.44. The van der Waals surface area contributed by atoms with Crippen molar-refractivity contribution in [3.05, 3.63) is 29.3 Å². The van der Waals surface area contributed by atoms with Crippen LogP contribution in [-0.4, -0.2) is 35.9 Å². The van der Waals surface area contributed by atoms with E-state index < -0.39 is 30.8 Å². The van der Waals surface area contributed by atoms with E-state index in [4.69, 9.17) is 21.4 Å². The van der Waals surface area contributed by atoms with Crippen LogP contribution in [0, 0.1) is 0 Å². The van der Waals surface area contributed by atoms with Gasteiger partial charge in [0, 0.05) is 5.02 Å². The van der Waals surface area contributed by atoms with Crippen molar-refractivity contribution in [1.82, 2.24) is 5.32 Å². The summed E-state index contributed by atoms with van der Waals surface area (Å²) in [4.78, 5) is 11.5. The van der Waals surface area contributed by atoms with E-state index in [1.807, 2.05) is 5.32 Å². The van der Waals surface area contributed by atoms with Gasteiger partial charge in [0.1, 0.15) is 5.75 Å². The molecule has 4 nitrogen and oxygen atoms in total. The summed E-state index contributed by atoms with van der Waals surface area (Å²) < 4.78 is 41.3. The van der Waals surface area contributed by atoms with Crippen molar-refractivity contribution < 1.29 is 27.8 Å². The van der Waals surface area contributed by atoms with E-state index in [-0.39, 0.29) is 0 Å². The van der Waals surface area contributed by atoms with Crippen molar-refractivity contribution in [2.24, 2.45) is 0 Å². The molecule has 20 heavy (non-hydrogen) atoms. The van der Waals surface area contributed by atoms with Gasteiger partial charge in [-0.1, -0.05) is 11.6 Å². The van der Waals surface area contributed by atoms with Crippen molar-refractivity contribution in [1.29, 1.82) is 0 Å². The van der Waals surface area contributed by atoms with Gasteiger partial charge >= 0.3 is 6.18 Å².